The van der Waals surface area contributed by atoms with E-state index >= 15 is 0 Å². The van der Waals surface area contributed by atoms with Crippen molar-refractivity contribution >= 4 is 40.9 Å². The molecule has 0 radical (unpaired) electrons. The van der Waals surface area contributed by atoms with Crippen LogP contribution >= 0.6 is 23.4 Å². The molecule has 4 rings (SSSR count). The first kappa shape index (κ1) is 29.0. The number of ether oxygens (including phenoxy) is 1. The number of para-hydroxylation sites is 1. The number of aromatic nitrogens is 3. The third-order valence-electron chi connectivity index (χ3n) is 5.58. The number of anilines is 1. The minimum Gasteiger partial charge on any atom is -0.497 e. The Bertz CT molecular complexity index is 1480. The molecular weight excluding hydrogens is 567 g/mol. The van der Waals surface area contributed by atoms with Crippen LogP contribution in [0.3, 0.4) is 0 Å². The third-order valence-corrected chi connectivity index (χ3v) is 6.84. The van der Waals surface area contributed by atoms with Crippen LogP contribution in [0.5, 0.6) is 5.75 Å². The summed E-state index contributed by atoms with van der Waals surface area (Å²) >= 11 is 7.02. The Morgan fingerprint density at radius 1 is 1.00 bits per heavy atom. The number of amides is 2. The van der Waals surface area contributed by atoms with Gasteiger partial charge in [0.15, 0.2) is 11.0 Å². The van der Waals surface area contributed by atoms with Crippen molar-refractivity contribution in [1.82, 2.24) is 20.1 Å². The zero-order valence-electron chi connectivity index (χ0n) is 21.0. The molecular formula is C27H23ClF3N5O3S. The zero-order valence-corrected chi connectivity index (χ0v) is 22.6. The lowest BCUT2D eigenvalue weighted by molar-refractivity contribution is -0.137. The Hall–Kier alpha value is -4.03. The third kappa shape index (κ3) is 7.54. The van der Waals surface area contributed by atoms with Crippen molar-refractivity contribution in [1.29, 1.82) is 0 Å². The number of rotatable bonds is 10. The molecule has 0 unspecified atom stereocenters. The Balaban J connectivity index is 1.44. The Morgan fingerprint density at radius 3 is 2.40 bits per heavy atom. The highest BCUT2D eigenvalue weighted by molar-refractivity contribution is 7.99. The van der Waals surface area contributed by atoms with Gasteiger partial charge in [-0.3, -0.25) is 14.2 Å². The van der Waals surface area contributed by atoms with Crippen LogP contribution in [0.1, 0.15) is 17.0 Å². The van der Waals surface area contributed by atoms with E-state index in [9.17, 15) is 22.8 Å². The average Bonchev–Trinajstić information content (AvgIpc) is 3.35. The maximum absolute atomic E-state index is 13.1. The number of nitrogens with zero attached hydrogens (tertiary/aromatic N) is 3. The molecule has 0 aliphatic heterocycles. The predicted molar refractivity (Wildman–Crippen MR) is 146 cm³/mol. The molecule has 0 spiro atoms. The number of hydrogen-bond donors (Lipinski definition) is 2. The van der Waals surface area contributed by atoms with E-state index in [4.69, 9.17) is 16.3 Å². The monoisotopic (exact) mass is 589 g/mol. The highest BCUT2D eigenvalue weighted by atomic mass is 35.5. The second-order valence-electron chi connectivity index (χ2n) is 8.40. The first-order valence-electron chi connectivity index (χ1n) is 11.8. The van der Waals surface area contributed by atoms with Crippen molar-refractivity contribution in [2.24, 2.45) is 0 Å². The molecule has 1 heterocycles. The van der Waals surface area contributed by atoms with Crippen LogP contribution in [0.4, 0.5) is 18.9 Å². The van der Waals surface area contributed by atoms with Gasteiger partial charge in [-0.1, -0.05) is 53.7 Å². The normalized spacial score (nSPS) is 11.2. The Morgan fingerprint density at radius 2 is 1.73 bits per heavy atom. The number of hydrogen-bond acceptors (Lipinski definition) is 6. The zero-order chi connectivity index (χ0) is 28.7. The van der Waals surface area contributed by atoms with E-state index < -0.39 is 17.6 Å². The number of alkyl halides is 3. The summed E-state index contributed by atoms with van der Waals surface area (Å²) in [5, 5.41) is 13.9. The first-order chi connectivity index (χ1) is 19.1. The number of benzene rings is 3. The molecule has 40 heavy (non-hydrogen) atoms. The number of thioether (sulfide) groups is 1. The summed E-state index contributed by atoms with van der Waals surface area (Å²) in [7, 11) is 1.57. The molecule has 2 amide bonds. The molecule has 0 saturated heterocycles. The largest absolute Gasteiger partial charge is 0.497 e. The van der Waals surface area contributed by atoms with E-state index in [2.05, 4.69) is 20.8 Å². The van der Waals surface area contributed by atoms with Gasteiger partial charge in [0.1, 0.15) is 5.75 Å². The molecule has 3 aromatic carbocycles. The van der Waals surface area contributed by atoms with Crippen molar-refractivity contribution in [3.8, 4) is 11.4 Å². The molecule has 1 aromatic heterocycles. The quantitative estimate of drug-likeness (QED) is 0.236. The maximum atomic E-state index is 13.1. The fraction of sp³-hybridized carbons (Fsp3) is 0.185. The summed E-state index contributed by atoms with van der Waals surface area (Å²) in [5.74, 6) is 0.138. The second-order valence-corrected chi connectivity index (χ2v) is 9.75. The minimum absolute atomic E-state index is 0.0218. The van der Waals surface area contributed by atoms with Gasteiger partial charge < -0.3 is 15.4 Å². The SMILES string of the molecule is COc1ccc(CC(=O)NCc2nnc(SCC(=O)Nc3cc(C(F)(F)F)ccc3Cl)n2-c2ccccc2)cc1. The molecule has 208 valence electrons. The summed E-state index contributed by atoms with van der Waals surface area (Å²) in [6.45, 7) is 0.0729. The van der Waals surface area contributed by atoms with Crippen LogP contribution in [0.25, 0.3) is 5.69 Å². The maximum Gasteiger partial charge on any atom is 0.416 e. The van der Waals surface area contributed by atoms with Crippen LogP contribution in [0, 0.1) is 0 Å². The second kappa shape index (κ2) is 12.9. The van der Waals surface area contributed by atoms with Crippen LogP contribution in [0.2, 0.25) is 5.02 Å². The van der Waals surface area contributed by atoms with Crippen molar-refractivity contribution in [3.05, 3.63) is 94.8 Å². The molecule has 0 bridgehead atoms. The molecule has 0 atom stereocenters. The highest BCUT2D eigenvalue weighted by Gasteiger charge is 2.31. The molecule has 13 heteroatoms. The molecule has 4 aromatic rings. The van der Waals surface area contributed by atoms with Crippen molar-refractivity contribution in [2.75, 3.05) is 18.2 Å². The minimum atomic E-state index is -4.58. The van der Waals surface area contributed by atoms with E-state index in [0.29, 0.717) is 22.4 Å². The number of nitrogens with one attached hydrogen (secondary N) is 2. The fourth-order valence-corrected chi connectivity index (χ4v) is 4.56. The van der Waals surface area contributed by atoms with Gasteiger partial charge in [-0.25, -0.2) is 0 Å². The predicted octanol–water partition coefficient (Wildman–Crippen LogP) is 5.54. The topological polar surface area (TPSA) is 98.1 Å². The fourth-order valence-electron chi connectivity index (χ4n) is 3.63. The summed E-state index contributed by atoms with van der Waals surface area (Å²) in [5.41, 5.74) is 0.441. The van der Waals surface area contributed by atoms with Crippen molar-refractivity contribution < 1.29 is 27.5 Å². The molecule has 8 nitrogen and oxygen atoms in total. The van der Waals surface area contributed by atoms with Crippen LogP contribution in [-0.4, -0.2) is 39.4 Å². The summed E-state index contributed by atoms with van der Waals surface area (Å²) in [6.07, 6.45) is -4.42. The lowest BCUT2D eigenvalue weighted by Gasteiger charge is -2.12. The van der Waals surface area contributed by atoms with Gasteiger partial charge in [0.2, 0.25) is 11.8 Å². The summed E-state index contributed by atoms with van der Waals surface area (Å²) < 4.78 is 46.0. The number of carbonyl (C=O) groups excluding carboxylic acids is 2. The Labute approximate surface area is 236 Å². The summed E-state index contributed by atoms with van der Waals surface area (Å²) in [4.78, 5) is 25.1. The number of carbonyl (C=O) groups is 2. The van der Waals surface area contributed by atoms with E-state index in [1.165, 1.54) is 0 Å². The van der Waals surface area contributed by atoms with Gasteiger partial charge in [-0.2, -0.15) is 13.2 Å². The van der Waals surface area contributed by atoms with E-state index in [1.807, 2.05) is 30.3 Å². The highest BCUT2D eigenvalue weighted by Crippen LogP contribution is 2.34. The molecule has 0 aliphatic carbocycles. The van der Waals surface area contributed by atoms with Crippen LogP contribution < -0.4 is 15.4 Å². The smallest absolute Gasteiger partial charge is 0.416 e. The molecule has 0 aliphatic rings. The van der Waals surface area contributed by atoms with Crippen LogP contribution in [-0.2, 0) is 28.7 Å². The lowest BCUT2D eigenvalue weighted by atomic mass is 10.1. The number of methoxy groups -OCH3 is 1. The first-order valence-corrected chi connectivity index (χ1v) is 13.2. The lowest BCUT2D eigenvalue weighted by Crippen LogP contribution is -2.26. The molecule has 2 N–H and O–H groups in total. The Kier molecular flexibility index (Phi) is 9.33. The average molecular weight is 590 g/mol. The molecule has 0 saturated carbocycles. The van der Waals surface area contributed by atoms with Gasteiger partial charge in [0, 0.05) is 5.69 Å². The van der Waals surface area contributed by atoms with E-state index in [0.717, 1.165) is 35.5 Å². The van der Waals surface area contributed by atoms with Crippen molar-refractivity contribution in [2.45, 2.75) is 24.3 Å². The summed E-state index contributed by atoms with van der Waals surface area (Å²) in [6, 6.07) is 19.0. The van der Waals surface area contributed by atoms with Crippen LogP contribution in [0.15, 0.2) is 78.0 Å². The van der Waals surface area contributed by atoms with Crippen molar-refractivity contribution in [3.63, 3.8) is 0 Å². The van der Waals surface area contributed by atoms with Gasteiger partial charge in [-0.15, -0.1) is 10.2 Å². The van der Waals surface area contributed by atoms with E-state index in [-0.39, 0.29) is 35.3 Å². The van der Waals surface area contributed by atoms with Gasteiger partial charge in [0.25, 0.3) is 0 Å². The number of halogens is 4. The van der Waals surface area contributed by atoms with E-state index in [1.54, 1.807) is 35.9 Å². The molecule has 0 fully saturated rings. The van der Waals surface area contributed by atoms with Gasteiger partial charge in [-0.05, 0) is 48.0 Å². The van der Waals surface area contributed by atoms with Gasteiger partial charge in [0.05, 0.1) is 42.1 Å². The standard InChI is InChI=1S/C27H23ClF3N5O3S/c1-39-20-10-7-17(8-11-20)13-24(37)32-15-23-34-35-26(36(23)19-5-3-2-4-6-19)40-16-25(38)33-22-14-18(27(29,30)31)9-12-21(22)28/h2-12,14H,13,15-16H2,1H3,(H,32,37)(H,33,38). The van der Waals surface area contributed by atoms with Gasteiger partial charge >= 0.3 is 6.18 Å².